The number of nitrogens with one attached hydrogen (secondary N) is 2. The van der Waals surface area contributed by atoms with Gasteiger partial charge in [0, 0.05) is 38.0 Å². The average Bonchev–Trinajstić information content (AvgIpc) is 3.25. The molecule has 180 valence electrons. The molecule has 0 spiro atoms. The number of hydrogen-bond donors (Lipinski definition) is 2. The zero-order valence-electron chi connectivity index (χ0n) is 19.4. The number of ether oxygens (including phenoxy) is 3. The lowest BCUT2D eigenvalue weighted by molar-refractivity contribution is -0.00367. The standard InChI is InChI=1S/C23H29N7O4/c1-14(11-32-2)34-23-28-20(21(31)26-16-12-33-13-16)27-22(29-23)30-8-5-15(6-9-30)18-10-25-19-17(18)4-3-7-24-19/h3-4,7,10,14-16H,5-6,8-9,11-13H2,1-2H3,(H,24,25)(H,26,31)/t14-/m1/s1. The molecule has 2 fully saturated rings. The van der Waals surface area contributed by atoms with Crippen LogP contribution < -0.4 is 15.0 Å². The highest BCUT2D eigenvalue weighted by atomic mass is 16.5. The van der Waals surface area contributed by atoms with Crippen LogP contribution in [0.2, 0.25) is 0 Å². The molecule has 0 aliphatic carbocycles. The highest BCUT2D eigenvalue weighted by Crippen LogP contribution is 2.33. The highest BCUT2D eigenvalue weighted by Gasteiger charge is 2.28. The largest absolute Gasteiger partial charge is 0.458 e. The number of methoxy groups -OCH3 is 1. The van der Waals surface area contributed by atoms with Crippen LogP contribution in [0.4, 0.5) is 5.95 Å². The number of rotatable bonds is 8. The van der Waals surface area contributed by atoms with E-state index in [4.69, 9.17) is 14.2 Å². The van der Waals surface area contributed by atoms with Gasteiger partial charge in [0.25, 0.3) is 5.91 Å². The first-order valence-electron chi connectivity index (χ1n) is 11.6. The number of H-pyrrole nitrogens is 1. The summed E-state index contributed by atoms with van der Waals surface area (Å²) in [5, 5.41) is 4.06. The normalized spacial score (nSPS) is 18.0. The summed E-state index contributed by atoms with van der Waals surface area (Å²) in [6.07, 6.45) is 5.47. The zero-order chi connectivity index (χ0) is 23.5. The molecule has 2 aliphatic rings. The molecule has 11 nitrogen and oxygen atoms in total. The third-order valence-electron chi connectivity index (χ3n) is 6.19. The van der Waals surface area contributed by atoms with Crippen LogP contribution in [0.5, 0.6) is 6.01 Å². The van der Waals surface area contributed by atoms with Gasteiger partial charge in [0.2, 0.25) is 11.8 Å². The first kappa shape index (κ1) is 22.5. The maximum atomic E-state index is 12.8. The van der Waals surface area contributed by atoms with Crippen molar-refractivity contribution in [2.75, 3.05) is 44.9 Å². The predicted molar refractivity (Wildman–Crippen MR) is 124 cm³/mol. The number of piperidine rings is 1. The van der Waals surface area contributed by atoms with Crippen LogP contribution in [-0.4, -0.2) is 83.0 Å². The lowest BCUT2D eigenvalue weighted by Gasteiger charge is -2.32. The monoisotopic (exact) mass is 467 g/mol. The summed E-state index contributed by atoms with van der Waals surface area (Å²) in [5.74, 6) is 0.544. The minimum Gasteiger partial charge on any atom is -0.458 e. The minimum atomic E-state index is -0.359. The maximum Gasteiger partial charge on any atom is 0.322 e. The number of aromatic nitrogens is 5. The van der Waals surface area contributed by atoms with Crippen molar-refractivity contribution in [3.63, 3.8) is 0 Å². The van der Waals surface area contributed by atoms with Crippen LogP contribution in [0.25, 0.3) is 11.0 Å². The summed E-state index contributed by atoms with van der Waals surface area (Å²) >= 11 is 0. The van der Waals surface area contributed by atoms with E-state index in [9.17, 15) is 4.79 Å². The van der Waals surface area contributed by atoms with Crippen LogP contribution in [0.1, 0.15) is 41.9 Å². The number of nitrogens with zero attached hydrogens (tertiary/aromatic N) is 5. The molecule has 0 bridgehead atoms. The summed E-state index contributed by atoms with van der Waals surface area (Å²) in [6.45, 7) is 4.74. The molecule has 5 rings (SSSR count). The van der Waals surface area contributed by atoms with Crippen molar-refractivity contribution in [1.82, 2.24) is 30.2 Å². The number of carbonyl (C=O) groups excluding carboxylic acids is 1. The second-order valence-electron chi connectivity index (χ2n) is 8.74. The second kappa shape index (κ2) is 9.90. The topological polar surface area (TPSA) is 127 Å². The fraction of sp³-hybridized carbons (Fsp3) is 0.522. The van der Waals surface area contributed by atoms with E-state index < -0.39 is 0 Å². The van der Waals surface area contributed by atoms with Crippen LogP contribution in [0, 0.1) is 0 Å². The van der Waals surface area contributed by atoms with Gasteiger partial charge < -0.3 is 29.4 Å². The van der Waals surface area contributed by atoms with E-state index in [-0.39, 0.29) is 29.9 Å². The van der Waals surface area contributed by atoms with Crippen molar-refractivity contribution in [2.45, 2.75) is 37.8 Å². The lowest BCUT2D eigenvalue weighted by atomic mass is 9.89. The quantitative estimate of drug-likeness (QED) is 0.508. The third-order valence-corrected chi connectivity index (χ3v) is 6.19. The van der Waals surface area contributed by atoms with E-state index in [2.05, 4.69) is 47.4 Å². The van der Waals surface area contributed by atoms with Gasteiger partial charge in [0.1, 0.15) is 11.8 Å². The Morgan fingerprint density at radius 1 is 1.29 bits per heavy atom. The molecular formula is C23H29N7O4. The smallest absolute Gasteiger partial charge is 0.322 e. The molecule has 2 aliphatic heterocycles. The van der Waals surface area contributed by atoms with Crippen molar-refractivity contribution in [3.8, 4) is 6.01 Å². The van der Waals surface area contributed by atoms with Crippen molar-refractivity contribution < 1.29 is 19.0 Å². The van der Waals surface area contributed by atoms with Crippen molar-refractivity contribution in [3.05, 3.63) is 35.9 Å². The molecule has 3 aromatic heterocycles. The molecule has 0 aromatic carbocycles. The van der Waals surface area contributed by atoms with E-state index in [1.807, 2.05) is 13.0 Å². The molecule has 5 heterocycles. The number of amides is 1. The summed E-state index contributed by atoms with van der Waals surface area (Å²) in [6, 6.07) is 4.17. The maximum absolute atomic E-state index is 12.8. The van der Waals surface area contributed by atoms with E-state index in [0.29, 0.717) is 31.7 Å². The Balaban J connectivity index is 1.33. The van der Waals surface area contributed by atoms with Gasteiger partial charge in [-0.05, 0) is 43.4 Å². The Morgan fingerprint density at radius 2 is 2.12 bits per heavy atom. The highest BCUT2D eigenvalue weighted by molar-refractivity contribution is 5.91. The molecule has 0 radical (unpaired) electrons. The fourth-order valence-corrected chi connectivity index (χ4v) is 4.36. The Morgan fingerprint density at radius 3 is 2.85 bits per heavy atom. The average molecular weight is 468 g/mol. The molecule has 34 heavy (non-hydrogen) atoms. The summed E-state index contributed by atoms with van der Waals surface area (Å²) in [7, 11) is 1.60. The molecule has 2 N–H and O–H groups in total. The summed E-state index contributed by atoms with van der Waals surface area (Å²) in [4.78, 5) is 35.8. The Bertz CT molecular complexity index is 1140. The van der Waals surface area contributed by atoms with E-state index in [1.54, 1.807) is 13.3 Å². The van der Waals surface area contributed by atoms with Gasteiger partial charge in [-0.15, -0.1) is 0 Å². The van der Waals surface area contributed by atoms with Gasteiger partial charge in [-0.1, -0.05) is 0 Å². The van der Waals surface area contributed by atoms with Crippen LogP contribution in [0.15, 0.2) is 24.5 Å². The molecule has 11 heteroatoms. The molecular weight excluding hydrogens is 438 g/mol. The number of carbonyl (C=O) groups is 1. The minimum absolute atomic E-state index is 0.0223. The number of aromatic amines is 1. The molecule has 0 saturated carbocycles. The number of pyridine rings is 1. The van der Waals surface area contributed by atoms with Gasteiger partial charge in [0.15, 0.2) is 0 Å². The number of fused-ring (bicyclic) bond motifs is 1. The Hall–Kier alpha value is -3.31. The molecule has 1 atom stereocenters. The summed E-state index contributed by atoms with van der Waals surface area (Å²) in [5.41, 5.74) is 2.20. The van der Waals surface area contributed by atoms with Gasteiger partial charge in [-0.25, -0.2) is 4.98 Å². The molecule has 1 amide bonds. The SMILES string of the molecule is COC[C@@H](C)Oc1nc(C(=O)NC2COC2)nc(N2CCC(c3c[nH]c4ncccc34)CC2)n1. The van der Waals surface area contributed by atoms with E-state index in [1.165, 1.54) is 10.9 Å². The van der Waals surface area contributed by atoms with Crippen LogP contribution in [-0.2, 0) is 9.47 Å². The zero-order valence-corrected chi connectivity index (χ0v) is 19.4. The van der Waals surface area contributed by atoms with Gasteiger partial charge in [-0.2, -0.15) is 15.0 Å². The third kappa shape index (κ3) is 4.80. The van der Waals surface area contributed by atoms with Crippen LogP contribution >= 0.6 is 0 Å². The van der Waals surface area contributed by atoms with Gasteiger partial charge in [0.05, 0.1) is 25.9 Å². The first-order valence-corrected chi connectivity index (χ1v) is 11.6. The second-order valence-corrected chi connectivity index (χ2v) is 8.74. The predicted octanol–water partition coefficient (Wildman–Crippen LogP) is 1.67. The van der Waals surface area contributed by atoms with Crippen molar-refractivity contribution >= 4 is 22.9 Å². The van der Waals surface area contributed by atoms with E-state index in [0.717, 1.165) is 31.6 Å². The Labute approximate surface area is 197 Å². The van der Waals surface area contributed by atoms with Crippen molar-refractivity contribution in [1.29, 1.82) is 0 Å². The van der Waals surface area contributed by atoms with Crippen molar-refractivity contribution in [2.24, 2.45) is 0 Å². The molecule has 0 unspecified atom stereocenters. The fourth-order valence-electron chi connectivity index (χ4n) is 4.36. The van der Waals surface area contributed by atoms with Gasteiger partial charge >= 0.3 is 6.01 Å². The Kier molecular flexibility index (Phi) is 6.54. The van der Waals surface area contributed by atoms with Gasteiger partial charge in [-0.3, -0.25) is 4.79 Å². The lowest BCUT2D eigenvalue weighted by Crippen LogP contribution is -2.49. The number of hydrogen-bond acceptors (Lipinski definition) is 9. The first-order chi connectivity index (χ1) is 16.6. The molecule has 3 aromatic rings. The summed E-state index contributed by atoms with van der Waals surface area (Å²) < 4.78 is 16.1. The number of anilines is 1. The van der Waals surface area contributed by atoms with Crippen LogP contribution in [0.3, 0.4) is 0 Å². The molecule has 2 saturated heterocycles. The van der Waals surface area contributed by atoms with E-state index >= 15 is 0 Å².